The van der Waals surface area contributed by atoms with Gasteiger partial charge in [-0.1, -0.05) is 89.4 Å². The number of hydrogen-bond acceptors (Lipinski definition) is 0. The highest BCUT2D eigenvalue weighted by Crippen LogP contribution is 2.63. The largest absolute Gasteiger partial charge is 0.0762 e. The lowest BCUT2D eigenvalue weighted by molar-refractivity contribution is 0.685. The van der Waals surface area contributed by atoms with Crippen molar-refractivity contribution < 1.29 is 0 Å². The van der Waals surface area contributed by atoms with E-state index in [0.29, 0.717) is 11.8 Å². The zero-order valence-corrected chi connectivity index (χ0v) is 18.4. The summed E-state index contributed by atoms with van der Waals surface area (Å²) in [6.07, 6.45) is 22.9. The predicted octanol–water partition coefficient (Wildman–Crippen LogP) is 6.37. The van der Waals surface area contributed by atoms with Gasteiger partial charge in [-0.25, -0.2) is 0 Å². The minimum absolute atomic E-state index is 0.544. The van der Waals surface area contributed by atoms with Gasteiger partial charge in [0, 0.05) is 23.7 Å². The van der Waals surface area contributed by atoms with Crippen molar-refractivity contribution in [3.8, 4) is 0 Å². The molecule has 0 N–H and O–H groups in total. The average Bonchev–Trinajstić information content (AvgIpc) is 3.21. The zero-order valence-electron chi connectivity index (χ0n) is 17.4. The second-order valence-electron chi connectivity index (χ2n) is 9.06. The van der Waals surface area contributed by atoms with Crippen LogP contribution in [0, 0.1) is 71.3 Å². The Kier molecular flexibility index (Phi) is 5.21. The highest BCUT2D eigenvalue weighted by Gasteiger charge is 2.60. The number of allylic oxidation sites excluding steroid dienone is 8. The summed E-state index contributed by atoms with van der Waals surface area (Å²) in [6, 6.07) is 0. The van der Waals surface area contributed by atoms with E-state index in [4.69, 9.17) is 0 Å². The van der Waals surface area contributed by atoms with E-state index < -0.39 is 8.07 Å². The van der Waals surface area contributed by atoms with Gasteiger partial charge >= 0.3 is 0 Å². The van der Waals surface area contributed by atoms with Crippen molar-refractivity contribution >= 4 is 8.07 Å². The van der Waals surface area contributed by atoms with Gasteiger partial charge in [0.15, 0.2) is 0 Å². The van der Waals surface area contributed by atoms with Crippen LogP contribution in [0.3, 0.4) is 0 Å². The Hall–Kier alpha value is -0.823. The Balaban J connectivity index is 1.73. The molecule has 2 fully saturated rings. The molecule has 0 spiro atoms. The van der Waals surface area contributed by atoms with Crippen LogP contribution in [0.1, 0.15) is 27.7 Å². The molecule has 0 nitrogen and oxygen atoms in total. The first-order chi connectivity index (χ1) is 12.8. The molecule has 10 radical (unpaired) electrons. The molecule has 27 heavy (non-hydrogen) atoms. The minimum Gasteiger partial charge on any atom is -0.0762 e. The Morgan fingerprint density at radius 1 is 0.593 bits per heavy atom. The predicted molar refractivity (Wildman–Crippen MR) is 118 cm³/mol. The first kappa shape index (κ1) is 19.5. The second-order valence-corrected chi connectivity index (χ2v) is 13.3. The Labute approximate surface area is 168 Å². The molecular formula is C26H30Si. The van der Waals surface area contributed by atoms with Crippen LogP contribution < -0.4 is 0 Å². The molecule has 0 amide bonds. The van der Waals surface area contributed by atoms with Crippen molar-refractivity contribution in [2.75, 3.05) is 0 Å². The maximum absolute atomic E-state index is 2.56. The van der Waals surface area contributed by atoms with Crippen molar-refractivity contribution in [1.82, 2.24) is 0 Å². The lowest BCUT2D eigenvalue weighted by Gasteiger charge is -2.46. The summed E-state index contributed by atoms with van der Waals surface area (Å²) < 4.78 is 0. The van der Waals surface area contributed by atoms with Gasteiger partial charge in [-0.3, -0.25) is 0 Å². The van der Waals surface area contributed by atoms with Gasteiger partial charge < -0.3 is 0 Å². The van der Waals surface area contributed by atoms with E-state index >= 15 is 0 Å². The number of hydrogen-bond donors (Lipinski definition) is 0. The molecule has 0 aliphatic heterocycles. The zero-order chi connectivity index (χ0) is 19.3. The molecular weight excluding hydrogens is 340 g/mol. The van der Waals surface area contributed by atoms with Gasteiger partial charge in [-0.15, -0.1) is 0 Å². The monoisotopic (exact) mass is 370 g/mol. The molecule has 0 aromatic carbocycles. The summed E-state index contributed by atoms with van der Waals surface area (Å²) in [7, 11) is -1.89. The molecule has 0 aromatic heterocycles. The van der Waals surface area contributed by atoms with Crippen molar-refractivity contribution in [3.63, 3.8) is 0 Å². The quantitative estimate of drug-likeness (QED) is 0.504. The summed E-state index contributed by atoms with van der Waals surface area (Å²) in [5.41, 5.74) is 3.29. The molecule has 0 heterocycles. The van der Waals surface area contributed by atoms with Crippen LogP contribution in [0.15, 0.2) is 48.6 Å². The van der Waals surface area contributed by atoms with Gasteiger partial charge in [0.25, 0.3) is 0 Å². The molecule has 0 bridgehead atoms. The lowest BCUT2D eigenvalue weighted by Crippen LogP contribution is -2.49. The van der Waals surface area contributed by atoms with Crippen LogP contribution in [0.2, 0.25) is 13.1 Å². The van der Waals surface area contributed by atoms with Crippen molar-refractivity contribution in [2.24, 2.45) is 11.8 Å². The van der Waals surface area contributed by atoms with E-state index in [9.17, 15) is 0 Å². The van der Waals surface area contributed by atoms with Crippen molar-refractivity contribution in [1.29, 1.82) is 0 Å². The van der Waals surface area contributed by atoms with E-state index in [2.05, 4.69) is 102 Å². The van der Waals surface area contributed by atoms with Crippen LogP contribution in [-0.4, -0.2) is 8.07 Å². The molecule has 2 saturated carbocycles. The van der Waals surface area contributed by atoms with Gasteiger partial charge in [-0.05, 0) is 47.6 Å². The highest BCUT2D eigenvalue weighted by molar-refractivity contribution is 6.90. The maximum atomic E-state index is 2.56. The molecule has 138 valence electrons. The molecule has 4 aliphatic carbocycles. The van der Waals surface area contributed by atoms with Crippen molar-refractivity contribution in [2.45, 2.75) is 40.8 Å². The lowest BCUT2D eigenvalue weighted by atomic mass is 9.91. The summed E-state index contributed by atoms with van der Waals surface area (Å²) >= 11 is 0. The third-order valence-corrected chi connectivity index (χ3v) is 9.77. The van der Waals surface area contributed by atoms with Crippen LogP contribution in [0.5, 0.6) is 0 Å². The maximum Gasteiger partial charge on any atom is 0.0643 e. The van der Waals surface area contributed by atoms with Crippen LogP contribution in [0.25, 0.3) is 0 Å². The third-order valence-electron chi connectivity index (χ3n) is 6.15. The number of fused-ring (bicyclic) bond motifs is 2. The van der Waals surface area contributed by atoms with E-state index in [1.165, 1.54) is 23.7 Å². The van der Waals surface area contributed by atoms with E-state index in [1.807, 2.05) is 0 Å². The normalized spacial score (nSPS) is 27.0. The van der Waals surface area contributed by atoms with E-state index in [0.717, 1.165) is 0 Å². The van der Waals surface area contributed by atoms with Crippen LogP contribution >= 0.6 is 0 Å². The molecule has 4 aliphatic rings. The SMILES string of the molecule is CC(C)[C]1[CH][C]2C=CC=C[C]2[C]1[Si](C)(C)[C]1[C]2C=CC=C[C]2[CH][C]1C(C)C. The highest BCUT2D eigenvalue weighted by atomic mass is 28.3. The van der Waals surface area contributed by atoms with Gasteiger partial charge in [0.05, 0.1) is 8.07 Å². The minimum atomic E-state index is -1.89. The van der Waals surface area contributed by atoms with E-state index in [-0.39, 0.29) is 0 Å². The fraction of sp³-hybridized carbons (Fsp3) is 0.308. The fourth-order valence-electron chi connectivity index (χ4n) is 4.92. The van der Waals surface area contributed by atoms with Gasteiger partial charge in [0.1, 0.15) is 0 Å². The first-order valence-corrected chi connectivity index (χ1v) is 13.2. The number of rotatable bonds is 4. The molecule has 0 unspecified atom stereocenters. The van der Waals surface area contributed by atoms with Gasteiger partial charge in [0.2, 0.25) is 0 Å². The molecule has 1 heteroatoms. The summed E-state index contributed by atoms with van der Waals surface area (Å²) in [5.74, 6) is 9.93. The molecule has 0 aromatic rings. The first-order valence-electron chi connectivity index (χ1n) is 10.2. The van der Waals surface area contributed by atoms with Crippen molar-refractivity contribution in [3.05, 3.63) is 108 Å². The third kappa shape index (κ3) is 3.18. The second kappa shape index (κ2) is 7.21. The summed E-state index contributed by atoms with van der Waals surface area (Å²) in [5, 5.41) is 0. The van der Waals surface area contributed by atoms with E-state index in [1.54, 1.807) is 22.9 Å². The average molecular weight is 371 g/mol. The Morgan fingerprint density at radius 2 is 0.963 bits per heavy atom. The smallest absolute Gasteiger partial charge is 0.0643 e. The molecule has 0 atom stereocenters. The topological polar surface area (TPSA) is 0 Å². The summed E-state index contributed by atoms with van der Waals surface area (Å²) in [4.78, 5) is 0. The standard InChI is InChI=1S/C26H30Si/c1-17(2)23-15-19-11-7-9-13-21(19)25(23)27(5,6)26-22-14-10-8-12-20(22)16-24(26)18(3)4/h7-18H,1-6H3. The van der Waals surface area contributed by atoms with Crippen LogP contribution in [-0.2, 0) is 0 Å². The fourth-order valence-corrected chi connectivity index (χ4v) is 9.14. The summed E-state index contributed by atoms with van der Waals surface area (Å²) in [6.45, 7) is 14.5. The Morgan fingerprint density at radius 3 is 1.33 bits per heavy atom. The van der Waals surface area contributed by atoms with Crippen LogP contribution in [0.4, 0.5) is 0 Å². The van der Waals surface area contributed by atoms with Gasteiger partial charge in [-0.2, -0.15) is 0 Å². The Bertz CT molecular complexity index is 606. The molecule has 4 rings (SSSR count). The molecule has 0 saturated heterocycles.